The summed E-state index contributed by atoms with van der Waals surface area (Å²) in [6, 6.07) is 2.10. The zero-order chi connectivity index (χ0) is 7.84. The Hall–Kier alpha value is -1.11. The van der Waals surface area contributed by atoms with Gasteiger partial charge in [0, 0.05) is 12.4 Å². The molecular weight excluding hydrogens is 134 g/mol. The lowest BCUT2D eigenvalue weighted by Gasteiger charge is -1.96. The number of nitrogens with zero attached hydrogens (tertiary/aromatic N) is 1. The highest BCUT2D eigenvalue weighted by molar-refractivity contribution is 5.73. The molecule has 0 amide bonds. The quantitative estimate of drug-likeness (QED) is 0.546. The van der Waals surface area contributed by atoms with Crippen LogP contribution in [0.4, 0.5) is 0 Å². The Balaban J connectivity index is 2.60. The van der Waals surface area contributed by atoms with Crippen molar-refractivity contribution in [3.63, 3.8) is 0 Å². The first-order chi connectivity index (χ1) is 5.29. The van der Waals surface area contributed by atoms with Gasteiger partial charge in [-0.05, 0) is 43.0 Å². The van der Waals surface area contributed by atoms with Crippen LogP contribution in [0, 0.1) is 0 Å². The maximum Gasteiger partial charge on any atom is 0.0309 e. The summed E-state index contributed by atoms with van der Waals surface area (Å²) < 4.78 is 0. The molecule has 1 aromatic heterocycles. The molecule has 0 unspecified atom stereocenters. The van der Waals surface area contributed by atoms with Crippen molar-refractivity contribution in [2.45, 2.75) is 20.3 Å². The van der Waals surface area contributed by atoms with Gasteiger partial charge in [-0.3, -0.25) is 4.98 Å². The second kappa shape index (κ2) is 2.19. The highest BCUT2D eigenvalue weighted by Crippen LogP contribution is 2.30. The summed E-state index contributed by atoms with van der Waals surface area (Å²) in [5.41, 5.74) is 5.68. The second-order valence-electron chi connectivity index (χ2n) is 3.11. The van der Waals surface area contributed by atoms with E-state index in [0.29, 0.717) is 0 Å². The van der Waals surface area contributed by atoms with Gasteiger partial charge in [0.15, 0.2) is 0 Å². The molecule has 1 aliphatic carbocycles. The van der Waals surface area contributed by atoms with Gasteiger partial charge in [-0.1, -0.05) is 5.57 Å². The third kappa shape index (κ3) is 0.881. The Morgan fingerprint density at radius 3 is 2.91 bits per heavy atom. The molecule has 0 bridgehead atoms. The van der Waals surface area contributed by atoms with Crippen molar-refractivity contribution in [3.8, 4) is 0 Å². The van der Waals surface area contributed by atoms with E-state index in [0.717, 1.165) is 6.42 Å². The van der Waals surface area contributed by atoms with Crippen LogP contribution >= 0.6 is 0 Å². The van der Waals surface area contributed by atoms with Crippen LogP contribution in [0.5, 0.6) is 0 Å². The molecule has 0 atom stereocenters. The number of pyridine rings is 1. The predicted octanol–water partition coefficient (Wildman–Crippen LogP) is 2.43. The first kappa shape index (κ1) is 6.59. The lowest BCUT2D eigenvalue weighted by molar-refractivity contribution is 1.15. The van der Waals surface area contributed by atoms with Crippen LogP contribution in [0.2, 0.25) is 0 Å². The summed E-state index contributed by atoms with van der Waals surface area (Å²) in [6.07, 6.45) is 4.92. The largest absolute Gasteiger partial charge is 0.264 e. The van der Waals surface area contributed by atoms with Gasteiger partial charge in [0.2, 0.25) is 0 Å². The molecule has 1 aromatic rings. The van der Waals surface area contributed by atoms with Crippen LogP contribution in [-0.4, -0.2) is 4.98 Å². The summed E-state index contributed by atoms with van der Waals surface area (Å²) >= 11 is 0. The molecule has 1 nitrogen and oxygen atoms in total. The Morgan fingerprint density at radius 1 is 1.36 bits per heavy atom. The molecular formula is C10H11N. The molecule has 1 heterocycles. The molecule has 0 spiro atoms. The standard InChI is InChI=1S/C10H11N/c1-7-5-9-6-11-4-3-10(9)8(7)2/h3-4,6H,5H2,1-2H3. The van der Waals surface area contributed by atoms with Crippen LogP contribution < -0.4 is 0 Å². The van der Waals surface area contributed by atoms with Crippen molar-refractivity contribution in [2.24, 2.45) is 0 Å². The van der Waals surface area contributed by atoms with Gasteiger partial charge in [-0.2, -0.15) is 0 Å². The highest BCUT2D eigenvalue weighted by atomic mass is 14.6. The molecule has 56 valence electrons. The summed E-state index contributed by atoms with van der Waals surface area (Å²) in [6.45, 7) is 4.37. The van der Waals surface area contributed by atoms with Crippen molar-refractivity contribution < 1.29 is 0 Å². The van der Waals surface area contributed by atoms with E-state index in [1.54, 1.807) is 0 Å². The summed E-state index contributed by atoms with van der Waals surface area (Å²) in [7, 11) is 0. The van der Waals surface area contributed by atoms with Gasteiger partial charge in [0.1, 0.15) is 0 Å². The second-order valence-corrected chi connectivity index (χ2v) is 3.11. The van der Waals surface area contributed by atoms with Gasteiger partial charge in [0.05, 0.1) is 0 Å². The minimum Gasteiger partial charge on any atom is -0.264 e. The van der Waals surface area contributed by atoms with Crippen molar-refractivity contribution in [1.82, 2.24) is 4.98 Å². The van der Waals surface area contributed by atoms with E-state index >= 15 is 0 Å². The number of hydrogen-bond acceptors (Lipinski definition) is 1. The van der Waals surface area contributed by atoms with Crippen molar-refractivity contribution >= 4 is 5.57 Å². The Morgan fingerprint density at radius 2 is 2.18 bits per heavy atom. The number of rotatable bonds is 0. The fourth-order valence-corrected chi connectivity index (χ4v) is 1.58. The SMILES string of the molecule is CC1=C(C)c2ccncc2C1. The van der Waals surface area contributed by atoms with Gasteiger partial charge in [-0.15, -0.1) is 0 Å². The van der Waals surface area contributed by atoms with Crippen molar-refractivity contribution in [3.05, 3.63) is 35.2 Å². The van der Waals surface area contributed by atoms with E-state index in [2.05, 4.69) is 24.9 Å². The normalized spacial score (nSPS) is 15.5. The fourth-order valence-electron chi connectivity index (χ4n) is 1.58. The lowest BCUT2D eigenvalue weighted by Crippen LogP contribution is -1.83. The summed E-state index contributed by atoms with van der Waals surface area (Å²) in [4.78, 5) is 4.10. The van der Waals surface area contributed by atoms with Crippen LogP contribution in [0.15, 0.2) is 24.0 Å². The molecule has 11 heavy (non-hydrogen) atoms. The van der Waals surface area contributed by atoms with E-state index < -0.39 is 0 Å². The van der Waals surface area contributed by atoms with Crippen LogP contribution in [0.25, 0.3) is 5.57 Å². The zero-order valence-electron chi connectivity index (χ0n) is 6.89. The highest BCUT2D eigenvalue weighted by Gasteiger charge is 2.13. The number of hydrogen-bond donors (Lipinski definition) is 0. The molecule has 0 aromatic carbocycles. The first-order valence-electron chi connectivity index (χ1n) is 3.88. The maximum absolute atomic E-state index is 4.10. The molecule has 0 fully saturated rings. The van der Waals surface area contributed by atoms with Gasteiger partial charge in [-0.25, -0.2) is 0 Å². The smallest absolute Gasteiger partial charge is 0.0309 e. The van der Waals surface area contributed by atoms with Crippen LogP contribution in [-0.2, 0) is 6.42 Å². The number of fused-ring (bicyclic) bond motifs is 1. The fraction of sp³-hybridized carbons (Fsp3) is 0.300. The van der Waals surface area contributed by atoms with E-state index in [-0.39, 0.29) is 0 Å². The molecule has 0 saturated carbocycles. The van der Waals surface area contributed by atoms with Gasteiger partial charge in [0.25, 0.3) is 0 Å². The molecule has 0 N–H and O–H groups in total. The van der Waals surface area contributed by atoms with Crippen molar-refractivity contribution in [2.75, 3.05) is 0 Å². The predicted molar refractivity (Wildman–Crippen MR) is 46.2 cm³/mol. The summed E-state index contributed by atoms with van der Waals surface area (Å²) in [5, 5.41) is 0. The molecule has 0 aliphatic heterocycles. The minimum atomic E-state index is 1.09. The minimum absolute atomic E-state index is 1.09. The Labute approximate surface area is 66.8 Å². The van der Waals surface area contributed by atoms with E-state index in [1.807, 2.05) is 12.4 Å². The zero-order valence-corrected chi connectivity index (χ0v) is 6.89. The molecule has 1 aliphatic rings. The average Bonchev–Trinajstić information content (AvgIpc) is 2.30. The number of aromatic nitrogens is 1. The third-order valence-electron chi connectivity index (χ3n) is 2.40. The van der Waals surface area contributed by atoms with Crippen molar-refractivity contribution in [1.29, 1.82) is 0 Å². The van der Waals surface area contributed by atoms with Crippen LogP contribution in [0.1, 0.15) is 25.0 Å². The van der Waals surface area contributed by atoms with Gasteiger partial charge >= 0.3 is 0 Å². The van der Waals surface area contributed by atoms with Gasteiger partial charge < -0.3 is 0 Å². The lowest BCUT2D eigenvalue weighted by atomic mass is 10.1. The molecule has 0 radical (unpaired) electrons. The Kier molecular flexibility index (Phi) is 1.31. The van der Waals surface area contributed by atoms with E-state index in [9.17, 15) is 0 Å². The molecule has 2 rings (SSSR count). The average molecular weight is 145 g/mol. The topological polar surface area (TPSA) is 12.9 Å². The number of allylic oxidation sites excluding steroid dienone is 2. The molecule has 0 saturated heterocycles. The van der Waals surface area contributed by atoms with E-state index in [4.69, 9.17) is 0 Å². The molecule has 1 heteroatoms. The van der Waals surface area contributed by atoms with Crippen LogP contribution in [0.3, 0.4) is 0 Å². The monoisotopic (exact) mass is 145 g/mol. The Bertz CT molecular complexity index is 323. The van der Waals surface area contributed by atoms with E-state index in [1.165, 1.54) is 22.3 Å². The first-order valence-corrected chi connectivity index (χ1v) is 3.88. The third-order valence-corrected chi connectivity index (χ3v) is 2.40. The maximum atomic E-state index is 4.10. The summed E-state index contributed by atoms with van der Waals surface area (Å²) in [5.74, 6) is 0.